The third-order valence-electron chi connectivity index (χ3n) is 3.01. The molecule has 0 saturated heterocycles. The monoisotopic (exact) mass is 190 g/mol. The Morgan fingerprint density at radius 2 is 2.14 bits per heavy atom. The minimum absolute atomic E-state index is 1.26. The molecule has 1 aliphatic rings. The molecule has 0 heteroatoms. The van der Waals surface area contributed by atoms with Gasteiger partial charge in [-0.2, -0.15) is 0 Å². The highest BCUT2D eigenvalue weighted by Gasteiger charge is 2.02. The van der Waals surface area contributed by atoms with E-state index >= 15 is 0 Å². The summed E-state index contributed by atoms with van der Waals surface area (Å²) in [6.07, 6.45) is 13.2. The average molecular weight is 190 g/mol. The van der Waals surface area contributed by atoms with Gasteiger partial charge >= 0.3 is 0 Å². The maximum absolute atomic E-state index is 2.32. The Morgan fingerprint density at radius 3 is 2.71 bits per heavy atom. The largest absolute Gasteiger partial charge is 0.0887 e. The summed E-state index contributed by atoms with van der Waals surface area (Å²) in [6, 6.07) is 0. The van der Waals surface area contributed by atoms with Crippen LogP contribution in [0.5, 0.6) is 0 Å². The van der Waals surface area contributed by atoms with Gasteiger partial charge in [0.25, 0.3) is 0 Å². The van der Waals surface area contributed by atoms with Gasteiger partial charge in [-0.1, -0.05) is 34.9 Å². The SMILES string of the molecule is C/C=C(/C)CCCC1=CC=C(C)CC1. The van der Waals surface area contributed by atoms with E-state index in [0.29, 0.717) is 0 Å². The van der Waals surface area contributed by atoms with E-state index in [2.05, 4.69) is 39.0 Å². The molecule has 78 valence electrons. The molecule has 0 nitrogen and oxygen atoms in total. The van der Waals surface area contributed by atoms with E-state index in [9.17, 15) is 0 Å². The van der Waals surface area contributed by atoms with Crippen LogP contribution in [0, 0.1) is 0 Å². The highest BCUT2D eigenvalue weighted by atomic mass is 14.1. The van der Waals surface area contributed by atoms with E-state index in [-0.39, 0.29) is 0 Å². The second kappa shape index (κ2) is 5.85. The van der Waals surface area contributed by atoms with Gasteiger partial charge in [-0.3, -0.25) is 0 Å². The molecular weight excluding hydrogens is 168 g/mol. The molecule has 0 spiro atoms. The summed E-state index contributed by atoms with van der Waals surface area (Å²) in [6.45, 7) is 6.57. The summed E-state index contributed by atoms with van der Waals surface area (Å²) in [5.74, 6) is 0. The lowest BCUT2D eigenvalue weighted by atomic mass is 9.95. The molecule has 1 aliphatic carbocycles. The van der Waals surface area contributed by atoms with Crippen molar-refractivity contribution in [3.05, 3.63) is 34.9 Å². The standard InChI is InChI=1S/C14H22/c1-4-12(2)6-5-7-14-10-8-13(3)9-11-14/h4,8,10H,5-7,9,11H2,1-3H3/b12-4-. The van der Waals surface area contributed by atoms with Gasteiger partial charge in [-0.25, -0.2) is 0 Å². The molecule has 0 fully saturated rings. The van der Waals surface area contributed by atoms with Gasteiger partial charge in [-0.15, -0.1) is 0 Å². The fourth-order valence-corrected chi connectivity index (χ4v) is 1.73. The Kier molecular flexibility index (Phi) is 4.72. The van der Waals surface area contributed by atoms with Gasteiger partial charge in [0.05, 0.1) is 0 Å². The second-order valence-electron chi connectivity index (χ2n) is 4.33. The molecule has 0 aromatic heterocycles. The summed E-state index contributed by atoms with van der Waals surface area (Å²) in [5.41, 5.74) is 4.69. The fraction of sp³-hybridized carbons (Fsp3) is 0.571. The van der Waals surface area contributed by atoms with Crippen LogP contribution in [0.1, 0.15) is 52.9 Å². The first-order chi connectivity index (χ1) is 6.72. The topological polar surface area (TPSA) is 0 Å². The van der Waals surface area contributed by atoms with Crippen LogP contribution < -0.4 is 0 Å². The molecule has 0 saturated carbocycles. The zero-order valence-electron chi connectivity index (χ0n) is 9.77. The average Bonchev–Trinajstić information content (AvgIpc) is 2.21. The van der Waals surface area contributed by atoms with Crippen molar-refractivity contribution in [3.8, 4) is 0 Å². The van der Waals surface area contributed by atoms with Gasteiger partial charge in [0, 0.05) is 0 Å². The van der Waals surface area contributed by atoms with Crippen LogP contribution in [-0.2, 0) is 0 Å². The molecule has 0 amide bonds. The van der Waals surface area contributed by atoms with Crippen molar-refractivity contribution in [3.63, 3.8) is 0 Å². The van der Waals surface area contributed by atoms with Crippen LogP contribution in [0.2, 0.25) is 0 Å². The Hall–Kier alpha value is -0.780. The summed E-state index contributed by atoms with van der Waals surface area (Å²) in [4.78, 5) is 0. The number of hydrogen-bond acceptors (Lipinski definition) is 0. The van der Waals surface area contributed by atoms with Gasteiger partial charge in [0.1, 0.15) is 0 Å². The maximum Gasteiger partial charge on any atom is -0.0280 e. The minimum Gasteiger partial charge on any atom is -0.0887 e. The molecule has 0 N–H and O–H groups in total. The smallest absolute Gasteiger partial charge is 0.0280 e. The normalized spacial score (nSPS) is 17.8. The van der Waals surface area contributed by atoms with Crippen molar-refractivity contribution in [1.82, 2.24) is 0 Å². The zero-order chi connectivity index (χ0) is 10.4. The first-order valence-corrected chi connectivity index (χ1v) is 5.69. The molecule has 0 atom stereocenters. The quantitative estimate of drug-likeness (QED) is 0.559. The van der Waals surface area contributed by atoms with Crippen molar-refractivity contribution >= 4 is 0 Å². The molecule has 14 heavy (non-hydrogen) atoms. The Morgan fingerprint density at radius 1 is 1.36 bits per heavy atom. The predicted molar refractivity (Wildman–Crippen MR) is 64.4 cm³/mol. The van der Waals surface area contributed by atoms with Crippen LogP contribution in [-0.4, -0.2) is 0 Å². The van der Waals surface area contributed by atoms with Crippen molar-refractivity contribution in [2.75, 3.05) is 0 Å². The summed E-state index contributed by atoms with van der Waals surface area (Å²) < 4.78 is 0. The van der Waals surface area contributed by atoms with Gasteiger partial charge in [0.2, 0.25) is 0 Å². The summed E-state index contributed by atoms with van der Waals surface area (Å²) >= 11 is 0. The van der Waals surface area contributed by atoms with Crippen LogP contribution in [0.25, 0.3) is 0 Å². The van der Waals surface area contributed by atoms with E-state index in [1.165, 1.54) is 43.3 Å². The summed E-state index contributed by atoms with van der Waals surface area (Å²) in [7, 11) is 0. The number of allylic oxidation sites excluding steroid dienone is 6. The molecule has 1 rings (SSSR count). The van der Waals surface area contributed by atoms with Crippen LogP contribution in [0.15, 0.2) is 34.9 Å². The highest BCUT2D eigenvalue weighted by molar-refractivity contribution is 5.22. The lowest BCUT2D eigenvalue weighted by Gasteiger charge is -2.11. The first-order valence-electron chi connectivity index (χ1n) is 5.69. The van der Waals surface area contributed by atoms with Crippen molar-refractivity contribution in [2.24, 2.45) is 0 Å². The van der Waals surface area contributed by atoms with Gasteiger partial charge in [0.15, 0.2) is 0 Å². The van der Waals surface area contributed by atoms with Gasteiger partial charge < -0.3 is 0 Å². The van der Waals surface area contributed by atoms with E-state index in [4.69, 9.17) is 0 Å². The maximum atomic E-state index is 2.32. The third kappa shape index (κ3) is 3.95. The molecule has 0 aromatic rings. The molecule has 0 aliphatic heterocycles. The van der Waals surface area contributed by atoms with E-state index in [0.717, 1.165) is 0 Å². The van der Waals surface area contributed by atoms with Crippen molar-refractivity contribution in [1.29, 1.82) is 0 Å². The van der Waals surface area contributed by atoms with E-state index < -0.39 is 0 Å². The van der Waals surface area contributed by atoms with E-state index in [1.54, 1.807) is 5.57 Å². The van der Waals surface area contributed by atoms with Crippen molar-refractivity contribution in [2.45, 2.75) is 52.9 Å². The van der Waals surface area contributed by atoms with Gasteiger partial charge in [-0.05, 0) is 52.9 Å². The minimum atomic E-state index is 1.26. The number of hydrogen-bond donors (Lipinski definition) is 0. The zero-order valence-corrected chi connectivity index (χ0v) is 9.77. The highest BCUT2D eigenvalue weighted by Crippen LogP contribution is 2.22. The van der Waals surface area contributed by atoms with Crippen LogP contribution >= 0.6 is 0 Å². The Labute approximate surface area is 88.4 Å². The molecule has 0 unspecified atom stereocenters. The predicted octanol–water partition coefficient (Wildman–Crippen LogP) is 4.79. The number of rotatable bonds is 4. The first kappa shape index (κ1) is 11.3. The Bertz CT molecular complexity index is 264. The molecule has 0 heterocycles. The van der Waals surface area contributed by atoms with Crippen LogP contribution in [0.4, 0.5) is 0 Å². The third-order valence-corrected chi connectivity index (χ3v) is 3.01. The molecule has 0 bridgehead atoms. The molecule has 0 radical (unpaired) electrons. The fourth-order valence-electron chi connectivity index (χ4n) is 1.73. The Balaban J connectivity index is 2.26. The lowest BCUT2D eigenvalue weighted by Crippen LogP contribution is -1.91. The lowest BCUT2D eigenvalue weighted by molar-refractivity contribution is 0.752. The van der Waals surface area contributed by atoms with E-state index in [1.807, 2.05) is 0 Å². The van der Waals surface area contributed by atoms with Crippen molar-refractivity contribution < 1.29 is 0 Å². The molecule has 0 aromatic carbocycles. The van der Waals surface area contributed by atoms with Crippen LogP contribution in [0.3, 0.4) is 0 Å². The molecular formula is C14H22. The summed E-state index contributed by atoms with van der Waals surface area (Å²) in [5, 5.41) is 0. The second-order valence-corrected chi connectivity index (χ2v) is 4.33.